The van der Waals surface area contributed by atoms with Crippen LogP contribution in [0.1, 0.15) is 24.5 Å². The van der Waals surface area contributed by atoms with Gasteiger partial charge in [-0.1, -0.05) is 78.6 Å². The number of benzene rings is 2. The molecule has 3 rings (SSSR count). The quantitative estimate of drug-likeness (QED) is 0.430. The number of ketones is 1. The van der Waals surface area contributed by atoms with E-state index in [-0.39, 0.29) is 25.5 Å². The van der Waals surface area contributed by atoms with Crippen molar-refractivity contribution in [3.8, 4) is 11.8 Å². The Balaban J connectivity index is 1.51. The fourth-order valence-corrected chi connectivity index (χ4v) is 3.42. The summed E-state index contributed by atoms with van der Waals surface area (Å²) < 4.78 is 20.1. The predicted octanol–water partition coefficient (Wildman–Crippen LogP) is 4.89. The molecule has 2 aromatic rings. The number of carbonyl (C=O) groups is 1. The minimum atomic E-state index is -1.12. The van der Waals surface area contributed by atoms with Gasteiger partial charge >= 0.3 is 0 Å². The number of hydrogen-bond acceptors (Lipinski definition) is 3. The van der Waals surface area contributed by atoms with Crippen molar-refractivity contribution in [1.29, 1.82) is 0 Å². The summed E-state index contributed by atoms with van der Waals surface area (Å²) in [7, 11) is 0. The van der Waals surface area contributed by atoms with Crippen molar-refractivity contribution in [2.75, 3.05) is 19.8 Å². The van der Waals surface area contributed by atoms with Gasteiger partial charge in [-0.2, -0.15) is 0 Å². The Morgan fingerprint density at radius 1 is 1.03 bits per heavy atom. The van der Waals surface area contributed by atoms with Crippen LogP contribution in [0.3, 0.4) is 0 Å². The summed E-state index contributed by atoms with van der Waals surface area (Å²) in [6.07, 6.45) is 2.98. The summed E-state index contributed by atoms with van der Waals surface area (Å²) in [6.45, 7) is 3.52. The fourth-order valence-electron chi connectivity index (χ4n) is 3.42. The van der Waals surface area contributed by atoms with E-state index >= 15 is 0 Å². The van der Waals surface area contributed by atoms with Crippen molar-refractivity contribution >= 4 is 5.78 Å². The van der Waals surface area contributed by atoms with E-state index in [1.807, 2.05) is 48.6 Å². The van der Waals surface area contributed by atoms with Crippen LogP contribution in [0.5, 0.6) is 0 Å². The molecule has 0 heterocycles. The van der Waals surface area contributed by atoms with E-state index < -0.39 is 6.17 Å². The van der Waals surface area contributed by atoms with E-state index in [0.717, 1.165) is 11.1 Å². The number of nitrogens with zero attached hydrogens (tertiary/aromatic N) is 1. The molecule has 0 spiro atoms. The highest BCUT2D eigenvalue weighted by Gasteiger charge is 2.15. The van der Waals surface area contributed by atoms with Gasteiger partial charge in [0.2, 0.25) is 0 Å². The SMILES string of the molecule is CC1=C(C#CCOCC(F)CN(Cc2ccccc2)Cc2ccccc2)C=CCC1=O. The van der Waals surface area contributed by atoms with E-state index in [1.54, 1.807) is 6.92 Å². The molecule has 0 aliphatic heterocycles. The molecule has 0 aromatic heterocycles. The number of carbonyl (C=O) groups excluding carboxylic acids is 1. The monoisotopic (exact) mass is 417 g/mol. The first-order valence-electron chi connectivity index (χ1n) is 10.5. The summed E-state index contributed by atoms with van der Waals surface area (Å²) in [5.41, 5.74) is 3.69. The number of alkyl halides is 1. The molecule has 160 valence electrons. The second kappa shape index (κ2) is 12.0. The molecule has 1 atom stereocenters. The minimum Gasteiger partial charge on any atom is -0.366 e. The highest BCUT2D eigenvalue weighted by atomic mass is 19.1. The van der Waals surface area contributed by atoms with Crippen LogP contribution < -0.4 is 0 Å². The molecule has 1 aliphatic carbocycles. The van der Waals surface area contributed by atoms with Crippen molar-refractivity contribution in [3.63, 3.8) is 0 Å². The zero-order valence-electron chi connectivity index (χ0n) is 17.9. The molecule has 0 saturated heterocycles. The van der Waals surface area contributed by atoms with Crippen LogP contribution in [0.15, 0.2) is 84.0 Å². The smallest absolute Gasteiger partial charge is 0.163 e. The van der Waals surface area contributed by atoms with E-state index in [4.69, 9.17) is 4.74 Å². The van der Waals surface area contributed by atoms with E-state index in [2.05, 4.69) is 41.0 Å². The largest absolute Gasteiger partial charge is 0.366 e. The van der Waals surface area contributed by atoms with Crippen LogP contribution >= 0.6 is 0 Å². The molecule has 0 bridgehead atoms. The van der Waals surface area contributed by atoms with Crippen molar-refractivity contribution in [3.05, 3.63) is 95.1 Å². The highest BCUT2D eigenvalue weighted by Crippen LogP contribution is 2.14. The zero-order chi connectivity index (χ0) is 21.9. The van der Waals surface area contributed by atoms with Crippen LogP contribution in [0.25, 0.3) is 0 Å². The van der Waals surface area contributed by atoms with Gasteiger partial charge in [0.05, 0.1) is 6.61 Å². The molecule has 0 fully saturated rings. The Morgan fingerprint density at radius 3 is 2.26 bits per heavy atom. The van der Waals surface area contributed by atoms with Crippen molar-refractivity contribution in [2.45, 2.75) is 32.6 Å². The third-order valence-corrected chi connectivity index (χ3v) is 5.06. The lowest BCUT2D eigenvalue weighted by molar-refractivity contribution is -0.114. The van der Waals surface area contributed by atoms with Crippen LogP contribution in [0, 0.1) is 11.8 Å². The summed E-state index contributed by atoms with van der Waals surface area (Å²) in [5.74, 6) is 5.92. The summed E-state index contributed by atoms with van der Waals surface area (Å²) in [4.78, 5) is 13.8. The van der Waals surface area contributed by atoms with Crippen LogP contribution in [-0.2, 0) is 22.6 Å². The van der Waals surface area contributed by atoms with Crippen molar-refractivity contribution in [2.24, 2.45) is 0 Å². The maximum Gasteiger partial charge on any atom is 0.163 e. The van der Waals surface area contributed by atoms with E-state index in [0.29, 0.717) is 30.7 Å². The van der Waals surface area contributed by atoms with Gasteiger partial charge in [0, 0.05) is 37.2 Å². The van der Waals surface area contributed by atoms with Gasteiger partial charge < -0.3 is 4.74 Å². The normalized spacial score (nSPS) is 14.5. The fraction of sp³-hybridized carbons (Fsp3) is 0.296. The number of allylic oxidation sites excluding steroid dienone is 4. The van der Waals surface area contributed by atoms with Gasteiger partial charge in [0.25, 0.3) is 0 Å². The average Bonchev–Trinajstić information content (AvgIpc) is 2.77. The van der Waals surface area contributed by atoms with Gasteiger partial charge in [-0.15, -0.1) is 0 Å². The Morgan fingerprint density at radius 2 is 1.65 bits per heavy atom. The molecule has 0 radical (unpaired) electrons. The second-order valence-corrected chi connectivity index (χ2v) is 7.62. The molecule has 0 saturated carbocycles. The van der Waals surface area contributed by atoms with E-state index in [1.165, 1.54) is 0 Å². The first-order chi connectivity index (χ1) is 15.1. The summed E-state index contributed by atoms with van der Waals surface area (Å²) in [6, 6.07) is 20.2. The Kier molecular flexibility index (Phi) is 8.78. The first kappa shape index (κ1) is 22.7. The average molecular weight is 418 g/mol. The third-order valence-electron chi connectivity index (χ3n) is 5.06. The number of hydrogen-bond donors (Lipinski definition) is 0. The maximum absolute atomic E-state index is 14.7. The molecule has 0 N–H and O–H groups in total. The predicted molar refractivity (Wildman–Crippen MR) is 122 cm³/mol. The van der Waals surface area contributed by atoms with Crippen LogP contribution in [0.2, 0.25) is 0 Å². The topological polar surface area (TPSA) is 29.5 Å². The number of ether oxygens (including phenoxy) is 1. The standard InChI is InChI=1S/C27H28FNO2/c1-22-25(14-8-16-27(22)30)15-9-17-31-21-26(28)20-29(18-23-10-4-2-5-11-23)19-24-12-6-3-7-13-24/h2-8,10-14,26H,16-21H2,1H3. The Labute approximate surface area is 184 Å². The second-order valence-electron chi connectivity index (χ2n) is 7.62. The summed E-state index contributed by atoms with van der Waals surface area (Å²) >= 11 is 0. The minimum absolute atomic E-state index is 0.0123. The lowest BCUT2D eigenvalue weighted by Gasteiger charge is -2.24. The lowest BCUT2D eigenvalue weighted by atomic mass is 9.98. The number of Topliss-reactive ketones (excluding diaryl/α,β-unsaturated/α-hetero) is 1. The lowest BCUT2D eigenvalue weighted by Crippen LogP contribution is -2.32. The molecule has 31 heavy (non-hydrogen) atoms. The third kappa shape index (κ3) is 7.64. The first-order valence-corrected chi connectivity index (χ1v) is 10.5. The van der Waals surface area contributed by atoms with Gasteiger partial charge in [0.1, 0.15) is 12.8 Å². The van der Waals surface area contributed by atoms with Gasteiger partial charge in [-0.05, 0) is 24.1 Å². The van der Waals surface area contributed by atoms with Crippen molar-refractivity contribution < 1.29 is 13.9 Å². The maximum atomic E-state index is 14.7. The molecule has 2 aromatic carbocycles. The molecule has 4 heteroatoms. The van der Waals surface area contributed by atoms with Gasteiger partial charge in [-0.3, -0.25) is 9.69 Å². The van der Waals surface area contributed by atoms with Crippen molar-refractivity contribution in [1.82, 2.24) is 4.90 Å². The molecule has 0 amide bonds. The Hall–Kier alpha value is -3.00. The summed E-state index contributed by atoms with van der Waals surface area (Å²) in [5, 5.41) is 0. The van der Waals surface area contributed by atoms with E-state index in [9.17, 15) is 9.18 Å². The Bertz CT molecular complexity index is 929. The van der Waals surface area contributed by atoms with Gasteiger partial charge in [-0.25, -0.2) is 4.39 Å². The number of halogens is 1. The zero-order valence-corrected chi connectivity index (χ0v) is 17.9. The van der Waals surface area contributed by atoms with Crippen LogP contribution in [-0.4, -0.2) is 36.6 Å². The molecular weight excluding hydrogens is 389 g/mol. The number of rotatable bonds is 9. The highest BCUT2D eigenvalue weighted by molar-refractivity contribution is 5.99. The molecular formula is C27H28FNO2. The molecule has 3 nitrogen and oxygen atoms in total. The molecule has 1 unspecified atom stereocenters. The van der Waals surface area contributed by atoms with Gasteiger partial charge in [0.15, 0.2) is 5.78 Å². The molecule has 1 aliphatic rings. The van der Waals surface area contributed by atoms with Crippen LogP contribution in [0.4, 0.5) is 4.39 Å².